The molecule has 0 amide bonds. The van der Waals surface area contributed by atoms with Crippen LogP contribution in [-0.4, -0.2) is 33.6 Å². The van der Waals surface area contributed by atoms with Crippen LogP contribution in [0.15, 0.2) is 23.1 Å². The lowest BCUT2D eigenvalue weighted by molar-refractivity contribution is 0.0600. The second-order valence-corrected chi connectivity index (χ2v) is 7.05. The highest BCUT2D eigenvalue weighted by Crippen LogP contribution is 2.25. The predicted molar refractivity (Wildman–Crippen MR) is 78.7 cm³/mol. The van der Waals surface area contributed by atoms with E-state index in [1.807, 2.05) is 0 Å². The summed E-state index contributed by atoms with van der Waals surface area (Å²) in [5, 5.41) is 0.0433. The maximum atomic E-state index is 12.4. The van der Waals surface area contributed by atoms with Crippen LogP contribution >= 0.6 is 11.6 Å². The second-order valence-electron chi connectivity index (χ2n) is 4.96. The summed E-state index contributed by atoms with van der Waals surface area (Å²) in [6.45, 7) is 0. The van der Waals surface area contributed by atoms with Crippen molar-refractivity contribution in [2.45, 2.75) is 36.2 Å². The number of halogens is 1. The predicted octanol–water partition coefficient (Wildman–Crippen LogP) is 1.28. The zero-order valence-electron chi connectivity index (χ0n) is 11.5. The number of sulfonamides is 1. The maximum absolute atomic E-state index is 12.4. The van der Waals surface area contributed by atoms with Crippen molar-refractivity contribution in [3.8, 4) is 0 Å². The van der Waals surface area contributed by atoms with Crippen molar-refractivity contribution in [1.82, 2.24) is 4.72 Å². The minimum Gasteiger partial charge on any atom is -0.465 e. The number of nitrogens with two attached hydrogens (primary N) is 1. The summed E-state index contributed by atoms with van der Waals surface area (Å²) in [5.74, 6) is -0.624. The highest BCUT2D eigenvalue weighted by atomic mass is 35.5. The van der Waals surface area contributed by atoms with Crippen molar-refractivity contribution in [1.29, 1.82) is 0 Å². The molecule has 2 rings (SSSR count). The van der Waals surface area contributed by atoms with Crippen LogP contribution in [0.3, 0.4) is 0 Å². The fourth-order valence-corrected chi connectivity index (χ4v) is 4.20. The van der Waals surface area contributed by atoms with Crippen LogP contribution in [-0.2, 0) is 14.8 Å². The summed E-state index contributed by atoms with van der Waals surface area (Å²) < 4.78 is 32.0. The minimum atomic E-state index is -3.84. The van der Waals surface area contributed by atoms with E-state index in [9.17, 15) is 13.2 Å². The molecule has 1 aromatic carbocycles. The first-order valence-electron chi connectivity index (χ1n) is 6.51. The van der Waals surface area contributed by atoms with Crippen molar-refractivity contribution in [2.75, 3.05) is 7.11 Å². The molecule has 3 N–H and O–H groups in total. The molecule has 1 saturated carbocycles. The normalized spacial score (nSPS) is 22.2. The van der Waals surface area contributed by atoms with E-state index in [0.717, 1.165) is 12.8 Å². The third-order valence-electron chi connectivity index (χ3n) is 3.52. The van der Waals surface area contributed by atoms with Crippen molar-refractivity contribution < 1.29 is 17.9 Å². The number of esters is 1. The first-order valence-corrected chi connectivity index (χ1v) is 8.37. The molecule has 1 fully saturated rings. The number of hydrogen-bond acceptors (Lipinski definition) is 5. The summed E-state index contributed by atoms with van der Waals surface area (Å²) in [5.41, 5.74) is 5.99. The Morgan fingerprint density at radius 1 is 1.43 bits per heavy atom. The van der Waals surface area contributed by atoms with Crippen LogP contribution in [0.2, 0.25) is 5.02 Å². The van der Waals surface area contributed by atoms with Crippen LogP contribution in [0.4, 0.5) is 0 Å². The van der Waals surface area contributed by atoms with E-state index in [4.69, 9.17) is 17.3 Å². The van der Waals surface area contributed by atoms with Crippen LogP contribution in [0.25, 0.3) is 0 Å². The van der Waals surface area contributed by atoms with Gasteiger partial charge in [0.25, 0.3) is 0 Å². The highest BCUT2D eigenvalue weighted by molar-refractivity contribution is 7.89. The van der Waals surface area contributed by atoms with Gasteiger partial charge in [-0.25, -0.2) is 17.9 Å². The van der Waals surface area contributed by atoms with E-state index >= 15 is 0 Å². The molecule has 0 radical (unpaired) electrons. The van der Waals surface area contributed by atoms with Gasteiger partial charge in [-0.3, -0.25) is 0 Å². The van der Waals surface area contributed by atoms with Crippen LogP contribution in [0, 0.1) is 0 Å². The Morgan fingerprint density at radius 3 is 2.71 bits per heavy atom. The topological polar surface area (TPSA) is 98.5 Å². The Morgan fingerprint density at radius 2 is 2.14 bits per heavy atom. The Hall–Kier alpha value is -1.15. The number of rotatable bonds is 4. The molecule has 1 aromatic rings. The molecule has 1 aliphatic rings. The number of carbonyl (C=O) groups is 1. The van der Waals surface area contributed by atoms with Crippen molar-refractivity contribution in [3.63, 3.8) is 0 Å². The largest absolute Gasteiger partial charge is 0.465 e. The molecule has 116 valence electrons. The van der Waals surface area contributed by atoms with Gasteiger partial charge in [0.1, 0.15) is 4.90 Å². The summed E-state index contributed by atoms with van der Waals surface area (Å²) in [6, 6.07) is 3.46. The van der Waals surface area contributed by atoms with Gasteiger partial charge in [-0.2, -0.15) is 0 Å². The van der Waals surface area contributed by atoms with E-state index in [1.165, 1.54) is 25.3 Å². The van der Waals surface area contributed by atoms with E-state index < -0.39 is 16.0 Å². The molecule has 0 aromatic heterocycles. The van der Waals surface area contributed by atoms with Gasteiger partial charge in [-0.1, -0.05) is 18.0 Å². The summed E-state index contributed by atoms with van der Waals surface area (Å²) >= 11 is 5.95. The SMILES string of the molecule is COC(=O)c1ccc(Cl)c(S(=O)(=O)NC2CCCC2N)c1. The van der Waals surface area contributed by atoms with E-state index in [-0.39, 0.29) is 27.6 Å². The summed E-state index contributed by atoms with van der Waals surface area (Å²) in [6.07, 6.45) is 2.35. The lowest BCUT2D eigenvalue weighted by Gasteiger charge is -2.18. The van der Waals surface area contributed by atoms with Crippen LogP contribution < -0.4 is 10.5 Å². The van der Waals surface area contributed by atoms with Crippen LogP contribution in [0.5, 0.6) is 0 Å². The van der Waals surface area contributed by atoms with Gasteiger partial charge in [-0.05, 0) is 31.0 Å². The smallest absolute Gasteiger partial charge is 0.337 e. The Balaban J connectivity index is 2.32. The lowest BCUT2D eigenvalue weighted by atomic mass is 10.2. The molecular formula is C13H17ClN2O4S. The molecule has 0 heterocycles. The molecule has 2 atom stereocenters. The molecule has 21 heavy (non-hydrogen) atoms. The van der Waals surface area contributed by atoms with Gasteiger partial charge >= 0.3 is 5.97 Å². The maximum Gasteiger partial charge on any atom is 0.337 e. The van der Waals surface area contributed by atoms with Crippen molar-refractivity contribution in [3.05, 3.63) is 28.8 Å². The molecule has 0 bridgehead atoms. The molecule has 6 nitrogen and oxygen atoms in total. The van der Waals surface area contributed by atoms with Crippen LogP contribution in [0.1, 0.15) is 29.6 Å². The quantitative estimate of drug-likeness (QED) is 0.809. The number of ether oxygens (including phenoxy) is 1. The summed E-state index contributed by atoms with van der Waals surface area (Å²) in [4.78, 5) is 11.4. The zero-order chi connectivity index (χ0) is 15.6. The van der Waals surface area contributed by atoms with E-state index in [2.05, 4.69) is 9.46 Å². The first kappa shape index (κ1) is 16.2. The lowest BCUT2D eigenvalue weighted by Crippen LogP contribution is -2.43. The molecule has 0 aliphatic heterocycles. The van der Waals surface area contributed by atoms with Crippen molar-refractivity contribution >= 4 is 27.6 Å². The number of carbonyl (C=O) groups excluding carboxylic acids is 1. The van der Waals surface area contributed by atoms with Gasteiger partial charge < -0.3 is 10.5 Å². The Kier molecular flexibility index (Phi) is 4.88. The number of methoxy groups -OCH3 is 1. The van der Waals surface area contributed by atoms with Gasteiger partial charge in [0.2, 0.25) is 10.0 Å². The number of hydrogen-bond donors (Lipinski definition) is 2. The fraction of sp³-hybridized carbons (Fsp3) is 0.462. The molecule has 2 unspecified atom stereocenters. The average Bonchev–Trinajstić information content (AvgIpc) is 2.83. The first-order chi connectivity index (χ1) is 9.85. The van der Waals surface area contributed by atoms with Gasteiger partial charge in [-0.15, -0.1) is 0 Å². The molecule has 0 spiro atoms. The minimum absolute atomic E-state index is 0.0433. The monoisotopic (exact) mass is 332 g/mol. The zero-order valence-corrected chi connectivity index (χ0v) is 13.1. The fourth-order valence-electron chi connectivity index (χ4n) is 2.35. The number of nitrogens with one attached hydrogen (secondary N) is 1. The second kappa shape index (κ2) is 6.31. The van der Waals surface area contributed by atoms with Gasteiger partial charge in [0, 0.05) is 12.1 Å². The van der Waals surface area contributed by atoms with Gasteiger partial charge in [0.05, 0.1) is 17.7 Å². The number of benzene rings is 1. The molecule has 8 heteroatoms. The average molecular weight is 333 g/mol. The van der Waals surface area contributed by atoms with E-state index in [1.54, 1.807) is 0 Å². The highest BCUT2D eigenvalue weighted by Gasteiger charge is 2.30. The molecular weight excluding hydrogens is 316 g/mol. The van der Waals surface area contributed by atoms with Crippen molar-refractivity contribution in [2.24, 2.45) is 5.73 Å². The Bertz CT molecular complexity index is 648. The third-order valence-corrected chi connectivity index (χ3v) is 5.49. The van der Waals surface area contributed by atoms with Gasteiger partial charge in [0.15, 0.2) is 0 Å². The third kappa shape index (κ3) is 3.55. The standard InChI is InChI=1S/C13H17ClN2O4S/c1-20-13(17)8-5-6-9(14)12(7-8)21(18,19)16-11-4-2-3-10(11)15/h5-7,10-11,16H,2-4,15H2,1H3. The molecule has 0 saturated heterocycles. The summed E-state index contributed by atoms with van der Waals surface area (Å²) in [7, 11) is -2.62. The van der Waals surface area contributed by atoms with E-state index in [0.29, 0.717) is 6.42 Å². The Labute approximate surface area is 128 Å². The molecule has 1 aliphatic carbocycles.